The fraction of sp³-hybridized carbons (Fsp3) is 0.333. The van der Waals surface area contributed by atoms with Crippen LogP contribution in [0.1, 0.15) is 6.92 Å². The molecule has 1 radical (unpaired) electrons. The van der Waals surface area contributed by atoms with Crippen LogP contribution >= 0.6 is 12.2 Å². The van der Waals surface area contributed by atoms with E-state index in [0.29, 0.717) is 0 Å². The molecule has 0 rings (SSSR count). The Hall–Kier alpha value is 0.0544. The molecule has 0 saturated heterocycles. The van der Waals surface area contributed by atoms with Crippen molar-refractivity contribution in [2.24, 2.45) is 4.99 Å². The van der Waals surface area contributed by atoms with Gasteiger partial charge in [0.2, 0.25) is 0 Å². The van der Waals surface area contributed by atoms with Gasteiger partial charge in [0.15, 0.2) is 0 Å². The molecule has 0 spiro atoms. The molecule has 0 bridgehead atoms. The van der Waals surface area contributed by atoms with E-state index in [2.05, 4.69) is 17.2 Å². The number of nitrogens with zero attached hydrogens (tertiary/aromatic N) is 1. The van der Waals surface area contributed by atoms with E-state index >= 15 is 0 Å². The number of rotatable bonds is 0. The molecule has 37 valence electrons. The second-order valence-corrected chi connectivity index (χ2v) is 0.905. The largest absolute Gasteiger partial charge is 0.272 e. The molecule has 0 aromatic rings. The third-order valence-corrected chi connectivity index (χ3v) is 0.294. The van der Waals surface area contributed by atoms with Gasteiger partial charge in [0.25, 0.3) is 5.91 Å². The molecule has 4 heteroatoms. The summed E-state index contributed by atoms with van der Waals surface area (Å²) in [7, 11) is 0. The first-order valence-corrected chi connectivity index (χ1v) is 1.76. The summed E-state index contributed by atoms with van der Waals surface area (Å²) >= 11 is 4.09. The summed E-state index contributed by atoms with van der Waals surface area (Å²) in [6.07, 6.45) is 0. The Bertz CT molecular complexity index is 108. The van der Waals surface area contributed by atoms with E-state index in [1.165, 1.54) is 6.92 Å². The van der Waals surface area contributed by atoms with Crippen molar-refractivity contribution in [3.63, 3.8) is 0 Å². The molecule has 7 heavy (non-hydrogen) atoms. The van der Waals surface area contributed by atoms with Crippen LogP contribution in [0.3, 0.4) is 0 Å². The Balaban J connectivity index is 0. The molecular weight excluding hydrogens is 149 g/mol. The van der Waals surface area contributed by atoms with Gasteiger partial charge in [-0.2, -0.15) is 4.99 Å². The minimum atomic E-state index is -0.301. The second kappa shape index (κ2) is 6.05. The summed E-state index contributed by atoms with van der Waals surface area (Å²) < 4.78 is 0. The van der Waals surface area contributed by atoms with Gasteiger partial charge in [-0.05, 0) is 12.2 Å². The fourth-order valence-corrected chi connectivity index (χ4v) is 0.193. The van der Waals surface area contributed by atoms with Crippen LogP contribution in [0.4, 0.5) is 0 Å². The molecule has 0 aromatic carbocycles. The molecule has 2 nitrogen and oxygen atoms in total. The number of aliphatic imine (C=N–C) groups is 1. The van der Waals surface area contributed by atoms with E-state index < -0.39 is 0 Å². The number of hydrogen-bond acceptors (Lipinski definition) is 2. The van der Waals surface area contributed by atoms with Gasteiger partial charge in [0, 0.05) is 25.5 Å². The number of isothiocyanates is 1. The molecule has 0 aromatic heterocycles. The number of hydrogen-bond donors (Lipinski definition) is 0. The van der Waals surface area contributed by atoms with Crippen molar-refractivity contribution in [3.8, 4) is 0 Å². The molecule has 0 aliphatic carbocycles. The van der Waals surface area contributed by atoms with E-state index in [4.69, 9.17) is 0 Å². The van der Waals surface area contributed by atoms with Crippen molar-refractivity contribution in [2.45, 2.75) is 6.92 Å². The van der Waals surface area contributed by atoms with E-state index in [-0.39, 0.29) is 24.5 Å². The summed E-state index contributed by atoms with van der Waals surface area (Å²) in [6, 6.07) is 0. The Labute approximate surface area is 58.9 Å². The molecule has 0 aliphatic heterocycles. The molecule has 0 aliphatic rings. The van der Waals surface area contributed by atoms with E-state index in [9.17, 15) is 4.79 Å². The van der Waals surface area contributed by atoms with Crippen LogP contribution in [0, 0.1) is 0 Å². The summed E-state index contributed by atoms with van der Waals surface area (Å²) in [5.74, 6) is -0.301. The van der Waals surface area contributed by atoms with Crippen LogP contribution in [0.5, 0.6) is 0 Å². The zero-order chi connectivity index (χ0) is 4.99. The van der Waals surface area contributed by atoms with Crippen molar-refractivity contribution in [1.29, 1.82) is 0 Å². The molecule has 0 unspecified atom stereocenters. The first-order valence-electron chi connectivity index (χ1n) is 1.36. The van der Waals surface area contributed by atoms with Crippen LogP contribution in [0.2, 0.25) is 0 Å². The Morgan fingerprint density at radius 1 is 1.86 bits per heavy atom. The first-order chi connectivity index (χ1) is 2.77. The number of carbonyl (C=O) groups excluding carboxylic acids is 1. The maximum Gasteiger partial charge on any atom is 0.251 e. The third-order valence-electron chi connectivity index (χ3n) is 0.203. The van der Waals surface area contributed by atoms with Crippen LogP contribution in [-0.4, -0.2) is 11.1 Å². The van der Waals surface area contributed by atoms with Crippen LogP contribution < -0.4 is 0 Å². The van der Waals surface area contributed by atoms with Gasteiger partial charge in [0.05, 0.1) is 5.16 Å². The number of amides is 1. The zero-order valence-corrected chi connectivity index (χ0v) is 5.92. The SMILES string of the molecule is CC(=O)N=C=S.[V]. The van der Waals surface area contributed by atoms with E-state index in [1.807, 2.05) is 5.16 Å². The summed E-state index contributed by atoms with van der Waals surface area (Å²) in [5.41, 5.74) is 0. The van der Waals surface area contributed by atoms with Crippen molar-refractivity contribution in [3.05, 3.63) is 0 Å². The van der Waals surface area contributed by atoms with E-state index in [1.54, 1.807) is 0 Å². The van der Waals surface area contributed by atoms with Crippen LogP contribution in [-0.2, 0) is 23.4 Å². The number of thiocarbonyl (C=S) groups is 1. The topological polar surface area (TPSA) is 29.4 Å². The maximum atomic E-state index is 9.75. The predicted octanol–water partition coefficient (Wildman–Crippen LogP) is 0.633. The second-order valence-electron chi connectivity index (χ2n) is 0.722. The summed E-state index contributed by atoms with van der Waals surface area (Å²) in [5, 5.41) is 1.93. The average molecular weight is 152 g/mol. The molecule has 0 heterocycles. The van der Waals surface area contributed by atoms with Crippen LogP contribution in [0.15, 0.2) is 4.99 Å². The molecule has 0 saturated carbocycles. The Morgan fingerprint density at radius 3 is 2.29 bits per heavy atom. The van der Waals surface area contributed by atoms with Gasteiger partial charge < -0.3 is 0 Å². The van der Waals surface area contributed by atoms with Gasteiger partial charge in [-0.1, -0.05) is 0 Å². The Morgan fingerprint density at radius 2 is 2.29 bits per heavy atom. The minimum Gasteiger partial charge on any atom is -0.272 e. The normalized spacial score (nSPS) is 5.29. The van der Waals surface area contributed by atoms with E-state index in [0.717, 1.165) is 0 Å². The molecule has 0 N–H and O–H groups in total. The average Bonchev–Trinajstić information content (AvgIpc) is 1.35. The number of carbonyl (C=O) groups is 1. The third kappa shape index (κ3) is 10.7. The molecule has 0 atom stereocenters. The predicted molar refractivity (Wildman–Crippen MR) is 25.7 cm³/mol. The Kier molecular flexibility index (Phi) is 8.75. The van der Waals surface area contributed by atoms with Gasteiger partial charge in [-0.25, -0.2) is 0 Å². The monoisotopic (exact) mass is 152 g/mol. The molecule has 1 amide bonds. The maximum absolute atomic E-state index is 9.75. The van der Waals surface area contributed by atoms with Gasteiger partial charge in [-0.3, -0.25) is 4.79 Å². The van der Waals surface area contributed by atoms with Gasteiger partial charge in [-0.15, -0.1) is 0 Å². The quantitative estimate of drug-likeness (QED) is 0.376. The standard InChI is InChI=1S/C3H3NOS.V/c1-3(5)4-2-6;/h1H3;. The van der Waals surface area contributed by atoms with Crippen molar-refractivity contribution < 1.29 is 23.4 Å². The minimum absolute atomic E-state index is 0. The summed E-state index contributed by atoms with van der Waals surface area (Å²) in [6.45, 7) is 1.32. The van der Waals surface area contributed by atoms with Gasteiger partial charge in [0.1, 0.15) is 0 Å². The van der Waals surface area contributed by atoms with Gasteiger partial charge >= 0.3 is 0 Å². The van der Waals surface area contributed by atoms with Crippen LogP contribution in [0.25, 0.3) is 0 Å². The zero-order valence-electron chi connectivity index (χ0n) is 3.71. The van der Waals surface area contributed by atoms with Crippen molar-refractivity contribution in [2.75, 3.05) is 0 Å². The van der Waals surface area contributed by atoms with Crippen molar-refractivity contribution in [1.82, 2.24) is 0 Å². The van der Waals surface area contributed by atoms with Crippen molar-refractivity contribution >= 4 is 23.3 Å². The fourth-order valence-electron chi connectivity index (χ4n) is 0.0643. The molecule has 0 fully saturated rings. The smallest absolute Gasteiger partial charge is 0.251 e. The molecular formula is C3H3NOSV. The first kappa shape index (κ1) is 10.1. The summed E-state index contributed by atoms with van der Waals surface area (Å²) in [4.78, 5) is 12.8.